The average molecular weight is 449 g/mol. The fourth-order valence-electron chi connectivity index (χ4n) is 4.56. The fraction of sp³-hybridized carbons (Fsp3) is 0.400. The zero-order chi connectivity index (χ0) is 23.0. The van der Waals surface area contributed by atoms with Crippen molar-refractivity contribution in [3.8, 4) is 5.69 Å². The van der Waals surface area contributed by atoms with E-state index in [2.05, 4.69) is 32.4 Å². The Morgan fingerprint density at radius 3 is 2.70 bits per heavy atom. The summed E-state index contributed by atoms with van der Waals surface area (Å²) in [7, 11) is 1.76. The van der Waals surface area contributed by atoms with Crippen LogP contribution in [0.15, 0.2) is 54.9 Å². The lowest BCUT2D eigenvalue weighted by molar-refractivity contribution is 0.160. The Hall–Kier alpha value is -3.23. The van der Waals surface area contributed by atoms with E-state index in [1.165, 1.54) is 18.5 Å². The number of anilines is 1. The quantitative estimate of drug-likeness (QED) is 0.602. The van der Waals surface area contributed by atoms with Crippen LogP contribution >= 0.6 is 0 Å². The molecule has 8 heteroatoms. The summed E-state index contributed by atoms with van der Waals surface area (Å²) in [5, 5.41) is 7.25. The highest BCUT2D eigenvalue weighted by molar-refractivity contribution is 5.88. The number of nitrogens with one attached hydrogen (secondary N) is 1. The lowest BCUT2D eigenvalue weighted by Crippen LogP contribution is -2.24. The fourth-order valence-corrected chi connectivity index (χ4v) is 4.56. The first kappa shape index (κ1) is 22.9. The van der Waals surface area contributed by atoms with Gasteiger partial charge in [0.2, 0.25) is 0 Å². The van der Waals surface area contributed by atoms with E-state index in [-0.39, 0.29) is 0 Å². The summed E-state index contributed by atoms with van der Waals surface area (Å²) in [6.45, 7) is 4.24. The monoisotopic (exact) mass is 448 g/mol. The van der Waals surface area contributed by atoms with Crippen LogP contribution in [0.25, 0.3) is 5.69 Å². The van der Waals surface area contributed by atoms with Gasteiger partial charge in [0, 0.05) is 38.2 Å². The van der Waals surface area contributed by atoms with Crippen LogP contribution in [0.1, 0.15) is 35.6 Å². The lowest BCUT2D eigenvalue weighted by Gasteiger charge is -2.15. The van der Waals surface area contributed by atoms with Crippen LogP contribution in [-0.2, 0) is 17.6 Å². The van der Waals surface area contributed by atoms with Crippen LogP contribution in [0.4, 0.5) is 10.6 Å². The predicted octanol–water partition coefficient (Wildman–Crippen LogP) is 3.37. The maximum Gasteiger partial charge on any atom is 0.317 e. The van der Waals surface area contributed by atoms with Gasteiger partial charge in [0.25, 0.3) is 0 Å². The van der Waals surface area contributed by atoms with E-state index in [4.69, 9.17) is 10.5 Å². The number of fused-ring (bicyclic) bond motifs is 1. The zero-order valence-corrected chi connectivity index (χ0v) is 19.1. The smallest absolute Gasteiger partial charge is 0.317 e. The maximum absolute atomic E-state index is 11.1. The summed E-state index contributed by atoms with van der Waals surface area (Å²) in [5.74, 6) is 1.39. The number of hydrogen-bond acceptors (Lipinski definition) is 5. The molecule has 2 amide bonds. The lowest BCUT2D eigenvalue weighted by atomic mass is 10.00. The number of likely N-dealkylation sites (tertiary alicyclic amines) is 1. The van der Waals surface area contributed by atoms with Crippen molar-refractivity contribution in [2.45, 2.75) is 31.6 Å². The number of pyridine rings is 1. The third kappa shape index (κ3) is 5.77. The maximum atomic E-state index is 11.1. The third-order valence-electron chi connectivity index (χ3n) is 6.21. The number of carbonyl (C=O) groups excluding carboxylic acids is 1. The number of carbonyl (C=O) groups is 1. The van der Waals surface area contributed by atoms with Gasteiger partial charge in [0.15, 0.2) is 0 Å². The number of amides is 2. The van der Waals surface area contributed by atoms with Crippen molar-refractivity contribution in [1.29, 1.82) is 0 Å². The standard InChI is InChI=1S/C13H14N4O.C12H18N2O/c14-13(18)15-12-10-7-4-8-11(10)16-17(12)9-5-2-1-3-6-9;1-15-9-8-14-7-4-12(10-14)11-2-5-13-6-3-11/h1-3,5-6H,4,7-8H2,(H3,14,15,18);2-3,5-6,12H,4,7-10H2,1H3/t;12-/m.0/s1. The summed E-state index contributed by atoms with van der Waals surface area (Å²) >= 11 is 0. The van der Waals surface area contributed by atoms with Gasteiger partial charge in [-0.1, -0.05) is 18.2 Å². The Morgan fingerprint density at radius 2 is 1.97 bits per heavy atom. The number of nitrogens with zero attached hydrogens (tertiary/aromatic N) is 4. The van der Waals surface area contributed by atoms with Gasteiger partial charge in [-0.3, -0.25) is 10.3 Å². The number of nitrogens with two attached hydrogens (primary N) is 1. The molecule has 1 aliphatic heterocycles. The minimum Gasteiger partial charge on any atom is -0.383 e. The van der Waals surface area contributed by atoms with Crippen LogP contribution in [0.3, 0.4) is 0 Å². The van der Waals surface area contributed by atoms with Gasteiger partial charge in [-0.2, -0.15) is 5.10 Å². The van der Waals surface area contributed by atoms with Gasteiger partial charge in [-0.05, 0) is 68.0 Å². The molecule has 1 fully saturated rings. The highest BCUT2D eigenvalue weighted by Gasteiger charge is 2.24. The normalized spacial score (nSPS) is 17.3. The van der Waals surface area contributed by atoms with Crippen LogP contribution in [-0.4, -0.2) is 59.0 Å². The molecule has 3 heterocycles. The Balaban J connectivity index is 0.000000160. The topological polar surface area (TPSA) is 98.3 Å². The molecule has 0 saturated carbocycles. The summed E-state index contributed by atoms with van der Waals surface area (Å²) in [6, 6.07) is 13.4. The molecular formula is C25H32N6O2. The zero-order valence-electron chi connectivity index (χ0n) is 19.1. The number of primary amides is 1. The highest BCUT2D eigenvalue weighted by Crippen LogP contribution is 2.30. The largest absolute Gasteiger partial charge is 0.383 e. The first-order chi connectivity index (χ1) is 16.2. The first-order valence-corrected chi connectivity index (χ1v) is 11.5. The van der Waals surface area contributed by atoms with E-state index in [9.17, 15) is 4.79 Å². The van der Waals surface area contributed by atoms with Crippen molar-refractivity contribution in [3.63, 3.8) is 0 Å². The number of rotatable bonds is 6. The summed E-state index contributed by atoms with van der Waals surface area (Å²) in [4.78, 5) is 17.6. The Morgan fingerprint density at radius 1 is 1.18 bits per heavy atom. The van der Waals surface area contributed by atoms with Gasteiger partial charge >= 0.3 is 6.03 Å². The van der Waals surface area contributed by atoms with Gasteiger partial charge in [0.1, 0.15) is 5.82 Å². The van der Waals surface area contributed by atoms with E-state index in [0.717, 1.165) is 55.9 Å². The van der Waals surface area contributed by atoms with Crippen molar-refractivity contribution in [2.24, 2.45) is 5.73 Å². The Bertz CT molecular complexity index is 1040. The van der Waals surface area contributed by atoms with Crippen molar-refractivity contribution in [2.75, 3.05) is 38.7 Å². The SMILES string of the molecule is COCCN1CC[C@H](c2ccncc2)C1.NC(=O)Nc1c2c(nn1-c1ccccc1)CCC2. The van der Waals surface area contributed by atoms with E-state index in [1.807, 2.05) is 42.7 Å². The summed E-state index contributed by atoms with van der Waals surface area (Å²) in [6.07, 6.45) is 8.01. The number of methoxy groups -OCH3 is 1. The third-order valence-corrected chi connectivity index (χ3v) is 6.21. The summed E-state index contributed by atoms with van der Waals surface area (Å²) in [5.41, 5.74) is 9.75. The molecule has 1 atom stereocenters. The number of ether oxygens (including phenoxy) is 1. The van der Waals surface area contributed by atoms with Gasteiger partial charge < -0.3 is 15.4 Å². The molecule has 33 heavy (non-hydrogen) atoms. The van der Waals surface area contributed by atoms with E-state index < -0.39 is 6.03 Å². The Kier molecular flexibility index (Phi) is 7.70. The molecule has 2 aromatic heterocycles. The molecule has 0 unspecified atom stereocenters. The van der Waals surface area contributed by atoms with Crippen LogP contribution in [0.5, 0.6) is 0 Å². The van der Waals surface area contributed by atoms with Gasteiger partial charge in [0.05, 0.1) is 18.0 Å². The van der Waals surface area contributed by atoms with Crippen molar-refractivity contribution >= 4 is 11.8 Å². The highest BCUT2D eigenvalue weighted by atomic mass is 16.5. The molecule has 0 radical (unpaired) electrons. The molecule has 8 nitrogen and oxygen atoms in total. The molecule has 3 N–H and O–H groups in total. The van der Waals surface area contributed by atoms with E-state index in [0.29, 0.717) is 11.7 Å². The molecular weight excluding hydrogens is 416 g/mol. The first-order valence-electron chi connectivity index (χ1n) is 11.5. The number of aromatic nitrogens is 3. The predicted molar refractivity (Wildman–Crippen MR) is 129 cm³/mol. The number of hydrogen-bond donors (Lipinski definition) is 2. The molecule has 0 bridgehead atoms. The van der Waals surface area contributed by atoms with Crippen LogP contribution < -0.4 is 11.1 Å². The van der Waals surface area contributed by atoms with Crippen molar-refractivity contribution in [1.82, 2.24) is 19.7 Å². The molecule has 0 spiro atoms. The molecule has 1 aliphatic carbocycles. The minimum absolute atomic E-state index is 0.554. The molecule has 5 rings (SSSR count). The van der Waals surface area contributed by atoms with Gasteiger partial charge in [-0.15, -0.1) is 0 Å². The van der Waals surface area contributed by atoms with E-state index in [1.54, 1.807) is 11.8 Å². The van der Waals surface area contributed by atoms with Crippen LogP contribution in [0.2, 0.25) is 0 Å². The van der Waals surface area contributed by atoms with E-state index >= 15 is 0 Å². The van der Waals surface area contributed by atoms with Gasteiger partial charge in [-0.25, -0.2) is 9.48 Å². The minimum atomic E-state index is -0.554. The second-order valence-electron chi connectivity index (χ2n) is 8.42. The number of benzene rings is 1. The molecule has 174 valence electrons. The number of aryl methyl sites for hydroxylation is 1. The molecule has 2 aliphatic rings. The summed E-state index contributed by atoms with van der Waals surface area (Å²) < 4.78 is 6.85. The number of urea groups is 1. The average Bonchev–Trinajstić information content (AvgIpc) is 3.57. The Labute approximate surface area is 194 Å². The van der Waals surface area contributed by atoms with Crippen molar-refractivity contribution in [3.05, 3.63) is 71.7 Å². The molecule has 3 aromatic rings. The van der Waals surface area contributed by atoms with Crippen LogP contribution in [0, 0.1) is 0 Å². The number of para-hydroxylation sites is 1. The molecule has 1 saturated heterocycles. The van der Waals surface area contributed by atoms with Crippen molar-refractivity contribution < 1.29 is 9.53 Å². The second kappa shape index (κ2) is 11.1. The second-order valence-corrected chi connectivity index (χ2v) is 8.42. The molecule has 1 aromatic carbocycles.